The molecule has 0 bridgehead atoms. The molecule has 1 aromatic carbocycles. The number of nitrogens with two attached hydrogens (primary N) is 1. The molecule has 4 rings (SSSR count). The maximum Gasteiger partial charge on any atom is 0.231 e. The van der Waals surface area contributed by atoms with Gasteiger partial charge in [0, 0.05) is 10.4 Å². The highest BCUT2D eigenvalue weighted by molar-refractivity contribution is 7.16. The molecule has 1 atom stereocenters. The standard InChI is InChI=1S/C16H17NO2S/c1-9-2-4-11-14(6-9)20-16(17)15(11)10-3-5-12-13(7-10)19-8-18-12/h3,5,7,9H,2,4,6,8,17H2,1H3. The molecule has 0 saturated carbocycles. The van der Waals surface area contributed by atoms with Gasteiger partial charge in [0.2, 0.25) is 6.79 Å². The summed E-state index contributed by atoms with van der Waals surface area (Å²) in [6, 6.07) is 6.12. The first-order valence-corrected chi connectivity index (χ1v) is 7.84. The van der Waals surface area contributed by atoms with Crippen LogP contribution in [0.1, 0.15) is 23.8 Å². The second kappa shape index (κ2) is 4.42. The highest BCUT2D eigenvalue weighted by Gasteiger charge is 2.24. The van der Waals surface area contributed by atoms with Gasteiger partial charge in [-0.1, -0.05) is 13.0 Å². The van der Waals surface area contributed by atoms with Gasteiger partial charge in [-0.25, -0.2) is 0 Å². The van der Waals surface area contributed by atoms with Crippen molar-refractivity contribution in [1.29, 1.82) is 0 Å². The van der Waals surface area contributed by atoms with Crippen LogP contribution >= 0.6 is 11.3 Å². The molecule has 2 aromatic rings. The van der Waals surface area contributed by atoms with Crippen LogP contribution < -0.4 is 15.2 Å². The Balaban J connectivity index is 1.83. The third-order valence-electron chi connectivity index (χ3n) is 4.20. The lowest BCUT2D eigenvalue weighted by Gasteiger charge is -2.19. The maximum atomic E-state index is 6.29. The number of thiophene rings is 1. The van der Waals surface area contributed by atoms with Gasteiger partial charge in [0.05, 0.1) is 5.00 Å². The molecule has 0 spiro atoms. The van der Waals surface area contributed by atoms with Gasteiger partial charge in [-0.05, 0) is 48.4 Å². The van der Waals surface area contributed by atoms with E-state index in [1.807, 2.05) is 6.07 Å². The summed E-state index contributed by atoms with van der Waals surface area (Å²) >= 11 is 1.75. The molecule has 0 amide bonds. The van der Waals surface area contributed by atoms with E-state index in [2.05, 4.69) is 19.1 Å². The molecule has 0 radical (unpaired) electrons. The van der Waals surface area contributed by atoms with E-state index >= 15 is 0 Å². The van der Waals surface area contributed by atoms with Crippen LogP contribution in [-0.4, -0.2) is 6.79 Å². The minimum Gasteiger partial charge on any atom is -0.454 e. The first-order valence-electron chi connectivity index (χ1n) is 7.02. The molecular formula is C16H17NO2S. The number of benzene rings is 1. The van der Waals surface area contributed by atoms with Crippen LogP contribution in [0.2, 0.25) is 0 Å². The molecule has 2 N–H and O–H groups in total. The lowest BCUT2D eigenvalue weighted by molar-refractivity contribution is 0.174. The molecule has 20 heavy (non-hydrogen) atoms. The Morgan fingerprint density at radius 1 is 1.25 bits per heavy atom. The van der Waals surface area contributed by atoms with Gasteiger partial charge in [-0.15, -0.1) is 11.3 Å². The summed E-state index contributed by atoms with van der Waals surface area (Å²) in [6.07, 6.45) is 3.55. The lowest BCUT2D eigenvalue weighted by Crippen LogP contribution is -2.09. The second-order valence-corrected chi connectivity index (χ2v) is 6.80. The van der Waals surface area contributed by atoms with Crippen molar-refractivity contribution in [3.63, 3.8) is 0 Å². The summed E-state index contributed by atoms with van der Waals surface area (Å²) in [5.41, 5.74) is 10.1. The Kier molecular flexibility index (Phi) is 2.67. The van der Waals surface area contributed by atoms with Gasteiger partial charge >= 0.3 is 0 Å². The highest BCUT2D eigenvalue weighted by atomic mass is 32.1. The van der Waals surface area contributed by atoms with E-state index in [1.165, 1.54) is 22.4 Å². The number of anilines is 1. The Hall–Kier alpha value is -1.68. The number of hydrogen-bond acceptors (Lipinski definition) is 4. The van der Waals surface area contributed by atoms with E-state index in [1.54, 1.807) is 11.3 Å². The monoisotopic (exact) mass is 287 g/mol. The SMILES string of the molecule is CC1CCc2c(sc(N)c2-c2ccc3c(c2)OCO3)C1. The van der Waals surface area contributed by atoms with Crippen LogP contribution in [-0.2, 0) is 12.8 Å². The molecule has 1 aliphatic carbocycles. The van der Waals surface area contributed by atoms with Crippen LogP contribution in [0, 0.1) is 5.92 Å². The van der Waals surface area contributed by atoms with Crippen LogP contribution in [0.25, 0.3) is 11.1 Å². The van der Waals surface area contributed by atoms with Crippen molar-refractivity contribution in [2.45, 2.75) is 26.2 Å². The van der Waals surface area contributed by atoms with Crippen molar-refractivity contribution in [3.8, 4) is 22.6 Å². The van der Waals surface area contributed by atoms with Gasteiger partial charge < -0.3 is 15.2 Å². The number of rotatable bonds is 1. The summed E-state index contributed by atoms with van der Waals surface area (Å²) in [6.45, 7) is 2.63. The number of nitrogen functional groups attached to an aromatic ring is 1. The largest absolute Gasteiger partial charge is 0.454 e. The van der Waals surface area contributed by atoms with Crippen LogP contribution in [0.5, 0.6) is 11.5 Å². The lowest BCUT2D eigenvalue weighted by atomic mass is 9.87. The predicted molar refractivity (Wildman–Crippen MR) is 81.5 cm³/mol. The van der Waals surface area contributed by atoms with Crippen molar-refractivity contribution in [2.24, 2.45) is 5.92 Å². The molecule has 3 nitrogen and oxygen atoms in total. The normalized spacial score (nSPS) is 19.9. The van der Waals surface area contributed by atoms with Crippen LogP contribution in [0.3, 0.4) is 0 Å². The van der Waals surface area contributed by atoms with E-state index in [9.17, 15) is 0 Å². The van der Waals surface area contributed by atoms with E-state index in [4.69, 9.17) is 15.2 Å². The van der Waals surface area contributed by atoms with Gasteiger partial charge in [-0.2, -0.15) is 0 Å². The molecule has 104 valence electrons. The first kappa shape index (κ1) is 12.1. The number of hydrogen-bond donors (Lipinski definition) is 1. The zero-order chi connectivity index (χ0) is 13.7. The van der Waals surface area contributed by atoms with Crippen molar-refractivity contribution in [2.75, 3.05) is 12.5 Å². The van der Waals surface area contributed by atoms with E-state index < -0.39 is 0 Å². The zero-order valence-corrected chi connectivity index (χ0v) is 12.3. The van der Waals surface area contributed by atoms with Gasteiger partial charge in [0.1, 0.15) is 0 Å². The summed E-state index contributed by atoms with van der Waals surface area (Å²) < 4.78 is 10.9. The average Bonchev–Trinajstić information content (AvgIpc) is 3.00. The fourth-order valence-electron chi connectivity index (χ4n) is 3.14. The summed E-state index contributed by atoms with van der Waals surface area (Å²) in [4.78, 5) is 1.47. The molecule has 1 aliphatic heterocycles. The third-order valence-corrected chi connectivity index (χ3v) is 5.28. The quantitative estimate of drug-likeness (QED) is 0.866. The summed E-state index contributed by atoms with van der Waals surface area (Å²) in [5.74, 6) is 2.42. The van der Waals surface area contributed by atoms with Crippen molar-refractivity contribution in [3.05, 3.63) is 28.6 Å². The number of fused-ring (bicyclic) bond motifs is 2. The molecule has 0 fully saturated rings. The molecule has 0 saturated heterocycles. The Morgan fingerprint density at radius 3 is 3.00 bits per heavy atom. The van der Waals surface area contributed by atoms with Crippen LogP contribution in [0.15, 0.2) is 18.2 Å². The molecule has 2 aliphatic rings. The molecular weight excluding hydrogens is 270 g/mol. The van der Waals surface area contributed by atoms with Crippen molar-refractivity contribution < 1.29 is 9.47 Å². The predicted octanol–water partition coefficient (Wildman–Crippen LogP) is 3.85. The smallest absolute Gasteiger partial charge is 0.231 e. The first-order chi connectivity index (χ1) is 9.72. The third kappa shape index (κ3) is 1.79. The van der Waals surface area contributed by atoms with Crippen LogP contribution in [0.4, 0.5) is 5.00 Å². The summed E-state index contributed by atoms with van der Waals surface area (Å²) in [5, 5.41) is 0.933. The van der Waals surface area contributed by atoms with E-state index in [-0.39, 0.29) is 0 Å². The Labute approximate surface area is 122 Å². The topological polar surface area (TPSA) is 44.5 Å². The Morgan fingerprint density at radius 2 is 2.10 bits per heavy atom. The fraction of sp³-hybridized carbons (Fsp3) is 0.375. The van der Waals surface area contributed by atoms with Gasteiger partial charge in [-0.3, -0.25) is 0 Å². The van der Waals surface area contributed by atoms with Gasteiger partial charge in [0.15, 0.2) is 11.5 Å². The number of ether oxygens (including phenoxy) is 2. The average molecular weight is 287 g/mol. The highest BCUT2D eigenvalue weighted by Crippen LogP contribution is 2.45. The molecule has 1 unspecified atom stereocenters. The second-order valence-electron chi connectivity index (χ2n) is 5.66. The van der Waals surface area contributed by atoms with Gasteiger partial charge in [0.25, 0.3) is 0 Å². The fourth-order valence-corrected chi connectivity index (χ4v) is 4.44. The minimum atomic E-state index is 0.313. The van der Waals surface area contributed by atoms with Crippen molar-refractivity contribution >= 4 is 16.3 Å². The zero-order valence-electron chi connectivity index (χ0n) is 11.4. The molecule has 1 aromatic heterocycles. The molecule has 4 heteroatoms. The molecule has 2 heterocycles. The maximum absolute atomic E-state index is 6.29. The van der Waals surface area contributed by atoms with E-state index in [0.717, 1.165) is 40.8 Å². The van der Waals surface area contributed by atoms with E-state index in [0.29, 0.717) is 6.79 Å². The Bertz CT molecular complexity index is 677. The van der Waals surface area contributed by atoms with Crippen molar-refractivity contribution in [1.82, 2.24) is 0 Å². The summed E-state index contributed by atoms with van der Waals surface area (Å²) in [7, 11) is 0. The minimum absolute atomic E-state index is 0.313.